The van der Waals surface area contributed by atoms with Gasteiger partial charge in [0.25, 0.3) is 0 Å². The van der Waals surface area contributed by atoms with E-state index in [1.54, 1.807) is 96.9 Å². The number of guanidine groups is 1. The molecule has 648 valence electrons. The summed E-state index contributed by atoms with van der Waals surface area (Å²) in [5, 5.41) is 4.90. The van der Waals surface area contributed by atoms with E-state index in [2.05, 4.69) is 110 Å². The molecular formula is C100H101BrFN17O8. The van der Waals surface area contributed by atoms with Gasteiger partial charge in [-0.3, -0.25) is 5.43 Å². The maximum Gasteiger partial charge on any atom is 0.213 e. The maximum atomic E-state index is 14.2. The predicted molar refractivity (Wildman–Crippen MR) is 504 cm³/mol. The van der Waals surface area contributed by atoms with E-state index in [0.717, 1.165) is 62.7 Å². The largest absolute Gasteiger partial charge is 0.485 e. The fraction of sp³-hybridized carbons (Fsp3) is 0.130. The number of nitrogen functional groups attached to an aromatic ring is 5. The maximum absolute atomic E-state index is 14.2. The monoisotopic (exact) mass is 1770 g/mol. The van der Waals surface area contributed by atoms with Crippen molar-refractivity contribution in [3.8, 4) is 34.5 Å². The van der Waals surface area contributed by atoms with Crippen LogP contribution in [0, 0.1) is 5.82 Å². The van der Waals surface area contributed by atoms with E-state index in [4.69, 9.17) is 78.0 Å². The molecular weight excluding hydrogens is 1670 g/mol. The first-order valence-electron chi connectivity index (χ1n) is 40.6. The zero-order valence-corrected chi connectivity index (χ0v) is 71.6. The summed E-state index contributed by atoms with van der Waals surface area (Å²) in [5.41, 5.74) is 54.7. The molecule has 0 amide bonds. The molecule has 7 heterocycles. The van der Waals surface area contributed by atoms with E-state index in [-0.39, 0.29) is 37.1 Å². The summed E-state index contributed by atoms with van der Waals surface area (Å²) in [5.74, 6) is 6.32. The molecule has 25 nitrogen and oxygen atoms in total. The molecule has 9 aromatic carbocycles. The molecule has 0 spiro atoms. The van der Waals surface area contributed by atoms with Crippen LogP contribution < -0.4 is 84.3 Å². The molecule has 1 aliphatic heterocycles. The number of rotatable bonds is 31. The van der Waals surface area contributed by atoms with Gasteiger partial charge in [-0.25, -0.2) is 44.3 Å². The van der Waals surface area contributed by atoms with Crippen molar-refractivity contribution in [2.24, 2.45) is 16.5 Å². The van der Waals surface area contributed by atoms with Crippen molar-refractivity contribution in [3.63, 3.8) is 0 Å². The number of hydrogen-bond donors (Lipinski definition) is 9. The van der Waals surface area contributed by atoms with Gasteiger partial charge in [-0.1, -0.05) is 228 Å². The molecule has 0 fully saturated rings. The van der Waals surface area contributed by atoms with Gasteiger partial charge >= 0.3 is 0 Å². The fourth-order valence-corrected chi connectivity index (χ4v) is 12.6. The van der Waals surface area contributed by atoms with Crippen LogP contribution in [-0.2, 0) is 48.7 Å². The lowest BCUT2D eigenvalue weighted by Crippen LogP contribution is -2.46. The van der Waals surface area contributed by atoms with Crippen molar-refractivity contribution in [2.45, 2.75) is 58.4 Å². The summed E-state index contributed by atoms with van der Waals surface area (Å²) < 4.78 is 60.6. The second-order valence-electron chi connectivity index (χ2n) is 27.8. The van der Waals surface area contributed by atoms with E-state index in [1.165, 1.54) is 17.2 Å². The smallest absolute Gasteiger partial charge is 0.213 e. The van der Waals surface area contributed by atoms with Crippen LogP contribution in [-0.4, -0.2) is 62.4 Å². The molecule has 127 heavy (non-hydrogen) atoms. The third-order valence-electron chi connectivity index (χ3n) is 18.4. The number of benzene rings is 9. The van der Waals surface area contributed by atoms with Crippen LogP contribution in [0.25, 0.3) is 0 Å². The molecule has 0 saturated heterocycles. The van der Waals surface area contributed by atoms with E-state index in [9.17, 15) is 4.39 Å². The Morgan fingerprint density at radius 2 is 0.803 bits per heavy atom. The Morgan fingerprint density at radius 3 is 1.31 bits per heavy atom. The van der Waals surface area contributed by atoms with Gasteiger partial charge in [-0.05, 0) is 167 Å². The number of nitrogens with one attached hydrogen (secondary N) is 2. The first-order chi connectivity index (χ1) is 62.2. The minimum atomic E-state index is -0.311. The van der Waals surface area contributed by atoms with Crippen LogP contribution >= 0.6 is 15.9 Å². The number of hydrogen-bond acceptors (Lipinski definition) is 25. The quantitative estimate of drug-likeness (QED) is 0.0144. The number of nitrogens with zero attached hydrogens (tertiary/aromatic N) is 8. The summed E-state index contributed by atoms with van der Waals surface area (Å²) in [6, 6.07) is 103. The number of pyridine rings is 6. The van der Waals surface area contributed by atoms with E-state index >= 15 is 0 Å². The molecule has 0 bridgehead atoms. The average molecular weight is 1770 g/mol. The van der Waals surface area contributed by atoms with E-state index in [1.807, 2.05) is 225 Å². The van der Waals surface area contributed by atoms with Crippen molar-refractivity contribution in [2.75, 3.05) is 65.5 Å². The van der Waals surface area contributed by atoms with Crippen LogP contribution in [0.2, 0.25) is 0 Å². The normalized spacial score (nSPS) is 11.5. The number of allylic oxidation sites excluding steroid dienone is 1. The highest BCUT2D eigenvalue weighted by Crippen LogP contribution is 2.33. The SMILES string of the molecule is CCOCC(Oc1cccnc1N)c1ccccc1.NC1=NC(Cc2c(F)cccc2Br)=CN(c2ncccc2OCc2ccccc2)N1.NCOCC(Oc1cccnc1N)c1ccccc1.Nc1cccc(COc2cccnc2N)c1.Nc1ncccc1OCc1cccc(Cc2ccccc2)c1.c1ccc(COc2cccnc2Nc2ccccc2)cc1. The predicted octanol–water partition coefficient (Wildman–Crippen LogP) is 18.9. The number of nitrogens with two attached hydrogens (primary N) is 7. The molecule has 16 N–H and O–H groups in total. The molecule has 1 aliphatic rings. The zero-order chi connectivity index (χ0) is 88.8. The van der Waals surface area contributed by atoms with Gasteiger partial charge < -0.3 is 83.3 Å². The van der Waals surface area contributed by atoms with Crippen LogP contribution in [0.3, 0.4) is 0 Å². The van der Waals surface area contributed by atoms with Gasteiger partial charge in [0.05, 0.1) is 31.8 Å². The number of halogens is 2. The second kappa shape index (κ2) is 50.9. The van der Waals surface area contributed by atoms with Gasteiger partial charge in [0.2, 0.25) is 5.96 Å². The highest BCUT2D eigenvalue weighted by Gasteiger charge is 2.22. The van der Waals surface area contributed by atoms with Gasteiger partial charge in [0.1, 0.15) is 44.5 Å². The topological polar surface area (TPSA) is 373 Å². The summed E-state index contributed by atoms with van der Waals surface area (Å²) >= 11 is 3.39. The molecule has 0 saturated carbocycles. The highest BCUT2D eigenvalue weighted by atomic mass is 79.9. The van der Waals surface area contributed by atoms with E-state index in [0.29, 0.717) is 120 Å². The number of hydrazine groups is 1. The van der Waals surface area contributed by atoms with Crippen molar-refractivity contribution >= 4 is 68.2 Å². The molecule has 6 aromatic heterocycles. The first kappa shape index (κ1) is 92.3. The van der Waals surface area contributed by atoms with Crippen molar-refractivity contribution in [3.05, 3.63) is 431 Å². The Balaban J connectivity index is 0.000000149. The Kier molecular flexibility index (Phi) is 37.0. The molecule has 2 atom stereocenters. The summed E-state index contributed by atoms with van der Waals surface area (Å²) in [4.78, 5) is 29.0. The summed E-state index contributed by atoms with van der Waals surface area (Å²) in [6.45, 7) is 5.43. The number of ether oxygens (including phenoxy) is 8. The number of anilines is 8. The molecule has 27 heteroatoms. The minimum absolute atomic E-state index is 0.148. The highest BCUT2D eigenvalue weighted by molar-refractivity contribution is 9.10. The lowest BCUT2D eigenvalue weighted by Gasteiger charge is -2.27. The third-order valence-corrected chi connectivity index (χ3v) is 19.1. The first-order valence-corrected chi connectivity index (χ1v) is 41.4. The van der Waals surface area contributed by atoms with Crippen molar-refractivity contribution < 1.29 is 42.3 Å². The van der Waals surface area contributed by atoms with Gasteiger partial charge in [-0.2, -0.15) is 0 Å². The molecule has 0 radical (unpaired) electrons. The summed E-state index contributed by atoms with van der Waals surface area (Å²) in [6.07, 6.45) is 12.4. The Labute approximate surface area is 747 Å². The number of aromatic nitrogens is 6. The van der Waals surface area contributed by atoms with Gasteiger partial charge in [-0.15, -0.1) is 0 Å². The fourth-order valence-electron chi connectivity index (χ4n) is 12.2. The van der Waals surface area contributed by atoms with Crippen LogP contribution in [0.1, 0.15) is 69.2 Å². The molecule has 15 aromatic rings. The van der Waals surface area contributed by atoms with Gasteiger partial charge in [0, 0.05) is 71.6 Å². The van der Waals surface area contributed by atoms with E-state index < -0.39 is 0 Å². The third kappa shape index (κ3) is 31.1. The second-order valence-corrected chi connectivity index (χ2v) is 28.6. The van der Waals surface area contributed by atoms with Crippen LogP contribution in [0.4, 0.5) is 50.7 Å². The average Bonchev–Trinajstić information content (AvgIpc) is 0.808. The lowest BCUT2D eigenvalue weighted by molar-refractivity contribution is 0.0529. The molecule has 16 rings (SSSR count). The van der Waals surface area contributed by atoms with Crippen molar-refractivity contribution in [1.29, 1.82) is 0 Å². The number of para-hydroxylation sites is 1. The molecule has 0 aliphatic carbocycles. The summed E-state index contributed by atoms with van der Waals surface area (Å²) in [7, 11) is 0. The zero-order valence-electron chi connectivity index (χ0n) is 70.0. The van der Waals surface area contributed by atoms with Crippen LogP contribution in [0.15, 0.2) is 380 Å². The van der Waals surface area contributed by atoms with Gasteiger partial charge in [0.15, 0.2) is 69.4 Å². The molecule has 2 unspecified atom stereocenters. The Hall–Kier alpha value is -15.4. The Morgan fingerprint density at radius 1 is 0.394 bits per heavy atom. The minimum Gasteiger partial charge on any atom is -0.485 e. The Bertz CT molecular complexity index is 5720. The lowest BCUT2D eigenvalue weighted by atomic mass is 10.0. The standard InChI is InChI=1S/C22H19BrFN5O.C19H18N2O.C18H16N2O.C15H18N2O2.C14H17N3O2.C12H13N3O/c23-18-8-4-9-19(24)17(18)12-16-13-29(28-22(25)27-16)21-20(10-5-11-26-21)30-14-15-6-2-1-3-7-15;20-19-18(10-5-11-21-19)22-14-17-9-4-8-16(13-17)12-15-6-2-1-3-7-15;1-3-8-15(9-4-1)14-21-17-12-7-13-19-18(17)20-16-10-5-2-6-11-16;1-2-18-11-14(12-7-4-3-5-8-12)19-13-9-6-10-17-15(13)16;15-10-18-9-13(11-5-2-1-3-6-11)19-12-7-4-8-17-14(12)16;13-10-4-1-3-9(7-10)8-16-11-5-2-6-15-12(11)14/h1-11,13H,12,14H2,(H3,25,27,28);1-11,13H,12,14H2,(H2,20,21);1-13H,14H2,(H,19,20);3-10,14H,2,11H2,1H3,(H2,16,17);1-8,13H,9-10,15H2,(H2,16,17);1-7H,8,13H2,(H2,14,15). The number of aliphatic imine (C=N–C) groups is 1. The van der Waals surface area contributed by atoms with Crippen molar-refractivity contribution in [1.82, 2.24) is 35.3 Å². The van der Waals surface area contributed by atoms with Crippen LogP contribution in [0.5, 0.6) is 34.5 Å².